The van der Waals surface area contributed by atoms with Crippen molar-refractivity contribution < 1.29 is 0 Å². The minimum Gasteiger partial charge on any atom is -0.255 e. The molecule has 0 aromatic heterocycles. The van der Waals surface area contributed by atoms with E-state index in [0.717, 1.165) is 13.0 Å². The van der Waals surface area contributed by atoms with Crippen LogP contribution in [0.2, 0.25) is 0 Å². The second-order valence-corrected chi connectivity index (χ2v) is 4.87. The van der Waals surface area contributed by atoms with Crippen molar-refractivity contribution in [3.63, 3.8) is 0 Å². The topological polar surface area (TPSA) is 12.0 Å². The van der Waals surface area contributed by atoms with Crippen LogP contribution in [0.25, 0.3) is 0 Å². The molecule has 0 amide bonds. The second-order valence-electron chi connectivity index (χ2n) is 3.91. The summed E-state index contributed by atoms with van der Waals surface area (Å²) in [4.78, 5) is 1.28. The number of rotatable bonds is 5. The Morgan fingerprint density at radius 2 is 1.71 bits per heavy atom. The van der Waals surface area contributed by atoms with Crippen LogP contribution < -0.4 is 4.72 Å². The summed E-state index contributed by atoms with van der Waals surface area (Å²) in [5, 5.41) is 0. The number of hydrogen-bond acceptors (Lipinski definition) is 2. The van der Waals surface area contributed by atoms with Crippen molar-refractivity contribution in [1.82, 2.24) is 4.72 Å². The lowest BCUT2D eigenvalue weighted by molar-refractivity contribution is 0.974. The lowest BCUT2D eigenvalue weighted by Gasteiger charge is -2.05. The van der Waals surface area contributed by atoms with Gasteiger partial charge in [0.25, 0.3) is 0 Å². The van der Waals surface area contributed by atoms with Gasteiger partial charge in [-0.1, -0.05) is 49.4 Å². The summed E-state index contributed by atoms with van der Waals surface area (Å²) in [6.07, 6.45) is 1.09. The number of benzene rings is 2. The van der Waals surface area contributed by atoms with E-state index in [1.807, 2.05) is 6.07 Å². The first-order chi connectivity index (χ1) is 8.38. The van der Waals surface area contributed by atoms with Crippen LogP contribution in [0.5, 0.6) is 0 Å². The average Bonchev–Trinajstić information content (AvgIpc) is 2.40. The number of hydrogen-bond donors (Lipinski definition) is 1. The normalized spacial score (nSPS) is 10.4. The SMILES string of the molecule is CCc1cccc(SNCc2ccccc2)c1. The van der Waals surface area contributed by atoms with Crippen LogP contribution in [-0.2, 0) is 13.0 Å². The molecule has 0 spiro atoms. The van der Waals surface area contributed by atoms with Crippen LogP contribution in [0, 0.1) is 0 Å². The Hall–Kier alpha value is -1.25. The zero-order chi connectivity index (χ0) is 11.9. The molecule has 1 N–H and O–H groups in total. The summed E-state index contributed by atoms with van der Waals surface area (Å²) < 4.78 is 3.39. The van der Waals surface area contributed by atoms with Gasteiger partial charge in [0.15, 0.2) is 0 Å². The van der Waals surface area contributed by atoms with E-state index in [2.05, 4.69) is 60.2 Å². The molecule has 0 saturated carbocycles. The Balaban J connectivity index is 1.86. The molecule has 2 aromatic carbocycles. The third kappa shape index (κ3) is 3.91. The maximum Gasteiger partial charge on any atom is 0.0313 e. The summed E-state index contributed by atoms with van der Waals surface area (Å²) >= 11 is 1.69. The molecule has 2 heteroatoms. The van der Waals surface area contributed by atoms with Gasteiger partial charge in [0, 0.05) is 11.4 Å². The van der Waals surface area contributed by atoms with Gasteiger partial charge in [-0.15, -0.1) is 0 Å². The van der Waals surface area contributed by atoms with Crippen LogP contribution in [0.4, 0.5) is 0 Å². The Kier molecular flexibility index (Phi) is 4.65. The molecule has 0 fully saturated rings. The molecule has 0 bridgehead atoms. The van der Waals surface area contributed by atoms with Gasteiger partial charge in [0.2, 0.25) is 0 Å². The van der Waals surface area contributed by atoms with Crippen molar-refractivity contribution in [1.29, 1.82) is 0 Å². The highest BCUT2D eigenvalue weighted by molar-refractivity contribution is 7.97. The molecule has 1 nitrogen and oxygen atoms in total. The Bertz CT molecular complexity index is 453. The molecule has 88 valence electrons. The predicted molar refractivity (Wildman–Crippen MR) is 75.0 cm³/mol. The molecule has 0 aliphatic rings. The van der Waals surface area contributed by atoms with Crippen molar-refractivity contribution >= 4 is 11.9 Å². The largest absolute Gasteiger partial charge is 0.255 e. The van der Waals surface area contributed by atoms with Crippen molar-refractivity contribution in [2.75, 3.05) is 0 Å². The summed E-state index contributed by atoms with van der Waals surface area (Å²) in [5.74, 6) is 0. The number of aryl methyl sites for hydroxylation is 1. The zero-order valence-electron chi connectivity index (χ0n) is 10.0. The quantitative estimate of drug-likeness (QED) is 0.795. The maximum absolute atomic E-state index is 3.39. The summed E-state index contributed by atoms with van der Waals surface area (Å²) in [6, 6.07) is 19.1. The van der Waals surface area contributed by atoms with Gasteiger partial charge in [-0.2, -0.15) is 0 Å². The molecular weight excluding hydrogens is 226 g/mol. The van der Waals surface area contributed by atoms with E-state index in [0.29, 0.717) is 0 Å². The zero-order valence-corrected chi connectivity index (χ0v) is 10.8. The van der Waals surface area contributed by atoms with Crippen LogP contribution in [0.15, 0.2) is 59.5 Å². The molecule has 0 atom stereocenters. The summed E-state index contributed by atoms with van der Waals surface area (Å²) in [7, 11) is 0. The van der Waals surface area contributed by atoms with Crippen molar-refractivity contribution in [3.05, 3.63) is 65.7 Å². The van der Waals surface area contributed by atoms with E-state index in [4.69, 9.17) is 0 Å². The van der Waals surface area contributed by atoms with E-state index in [9.17, 15) is 0 Å². The summed E-state index contributed by atoms with van der Waals surface area (Å²) in [5.41, 5.74) is 2.70. The molecule has 0 heterocycles. The smallest absolute Gasteiger partial charge is 0.0313 e. The molecule has 2 rings (SSSR count). The predicted octanol–water partition coefficient (Wildman–Crippen LogP) is 4.05. The van der Waals surface area contributed by atoms with Crippen molar-refractivity contribution in [3.8, 4) is 0 Å². The van der Waals surface area contributed by atoms with Crippen molar-refractivity contribution in [2.24, 2.45) is 0 Å². The van der Waals surface area contributed by atoms with Gasteiger partial charge in [-0.25, -0.2) is 0 Å². The van der Waals surface area contributed by atoms with Crippen molar-refractivity contribution in [2.45, 2.75) is 24.8 Å². The standard InChI is InChI=1S/C15H17NS/c1-2-13-9-6-10-15(11-13)17-16-12-14-7-4-3-5-8-14/h3-11,16H,2,12H2,1H3. The van der Waals surface area contributed by atoms with Crippen LogP contribution >= 0.6 is 11.9 Å². The molecule has 0 unspecified atom stereocenters. The third-order valence-corrected chi connectivity index (χ3v) is 3.39. The van der Waals surface area contributed by atoms with Crippen LogP contribution in [-0.4, -0.2) is 0 Å². The van der Waals surface area contributed by atoms with Gasteiger partial charge < -0.3 is 0 Å². The highest BCUT2D eigenvalue weighted by atomic mass is 32.2. The molecule has 17 heavy (non-hydrogen) atoms. The van der Waals surface area contributed by atoms with E-state index in [1.165, 1.54) is 16.0 Å². The Labute approximate surface area is 107 Å². The van der Waals surface area contributed by atoms with E-state index in [-0.39, 0.29) is 0 Å². The fourth-order valence-electron chi connectivity index (χ4n) is 1.63. The fourth-order valence-corrected chi connectivity index (χ4v) is 2.39. The highest BCUT2D eigenvalue weighted by Crippen LogP contribution is 2.17. The van der Waals surface area contributed by atoms with E-state index in [1.54, 1.807) is 11.9 Å². The monoisotopic (exact) mass is 243 g/mol. The maximum atomic E-state index is 3.39. The Morgan fingerprint density at radius 1 is 0.941 bits per heavy atom. The van der Waals surface area contributed by atoms with E-state index >= 15 is 0 Å². The van der Waals surface area contributed by atoms with Crippen LogP contribution in [0.1, 0.15) is 18.1 Å². The molecule has 0 aliphatic heterocycles. The Morgan fingerprint density at radius 3 is 2.47 bits per heavy atom. The first kappa shape index (κ1) is 12.2. The van der Waals surface area contributed by atoms with Gasteiger partial charge in [-0.05, 0) is 41.6 Å². The minimum atomic E-state index is 0.891. The third-order valence-electron chi connectivity index (χ3n) is 2.62. The molecule has 0 saturated heterocycles. The lowest BCUT2D eigenvalue weighted by atomic mass is 10.2. The van der Waals surface area contributed by atoms with Gasteiger partial charge in [0.1, 0.15) is 0 Å². The summed E-state index contributed by atoms with van der Waals surface area (Å²) in [6.45, 7) is 3.07. The highest BCUT2D eigenvalue weighted by Gasteiger charge is 1.96. The van der Waals surface area contributed by atoms with E-state index < -0.39 is 0 Å². The number of nitrogens with one attached hydrogen (secondary N) is 1. The van der Waals surface area contributed by atoms with Gasteiger partial charge in [-0.3, -0.25) is 4.72 Å². The molecule has 2 aromatic rings. The molecule has 0 aliphatic carbocycles. The van der Waals surface area contributed by atoms with Gasteiger partial charge in [0.05, 0.1) is 0 Å². The molecule has 0 radical (unpaired) electrons. The first-order valence-corrected chi connectivity index (χ1v) is 6.72. The fraction of sp³-hybridized carbons (Fsp3) is 0.200. The van der Waals surface area contributed by atoms with Gasteiger partial charge >= 0.3 is 0 Å². The average molecular weight is 243 g/mol. The first-order valence-electron chi connectivity index (χ1n) is 5.91. The minimum absolute atomic E-state index is 0.891. The molecular formula is C15H17NS. The van der Waals surface area contributed by atoms with Crippen LogP contribution in [0.3, 0.4) is 0 Å². The second kappa shape index (κ2) is 6.48. The lowest BCUT2D eigenvalue weighted by Crippen LogP contribution is -2.02.